The third kappa shape index (κ3) is 6.33. The van der Waals surface area contributed by atoms with Gasteiger partial charge in [0, 0.05) is 35.0 Å². The summed E-state index contributed by atoms with van der Waals surface area (Å²) in [6.07, 6.45) is 14.0. The van der Waals surface area contributed by atoms with Crippen LogP contribution >= 0.6 is 0 Å². The van der Waals surface area contributed by atoms with Crippen molar-refractivity contribution < 1.29 is 9.53 Å². The zero-order valence-electron chi connectivity index (χ0n) is 21.8. The van der Waals surface area contributed by atoms with Crippen LogP contribution in [-0.4, -0.2) is 48.0 Å². The summed E-state index contributed by atoms with van der Waals surface area (Å²) >= 11 is 0. The summed E-state index contributed by atoms with van der Waals surface area (Å²) in [6.45, 7) is 8.91. The number of benzene rings is 1. The van der Waals surface area contributed by atoms with Crippen LogP contribution < -0.4 is 20.7 Å². The number of nitrogens with zero attached hydrogens (tertiary/aromatic N) is 6. The summed E-state index contributed by atoms with van der Waals surface area (Å²) in [4.78, 5) is 25.5. The van der Waals surface area contributed by atoms with E-state index in [2.05, 4.69) is 47.7 Å². The third-order valence-corrected chi connectivity index (χ3v) is 6.18. The van der Waals surface area contributed by atoms with Crippen molar-refractivity contribution in [3.8, 4) is 5.88 Å². The van der Waals surface area contributed by atoms with Crippen molar-refractivity contribution in [2.75, 3.05) is 17.2 Å². The van der Waals surface area contributed by atoms with E-state index in [-0.39, 0.29) is 11.9 Å². The maximum absolute atomic E-state index is 12.4. The smallest absolute Gasteiger partial charge is 0.248 e. The van der Waals surface area contributed by atoms with Crippen molar-refractivity contribution in [2.24, 2.45) is 0 Å². The molecule has 1 aromatic carbocycles. The first-order valence-corrected chi connectivity index (χ1v) is 12.6. The van der Waals surface area contributed by atoms with E-state index in [1.165, 1.54) is 6.33 Å². The average molecular weight is 524 g/mol. The molecule has 1 aliphatic heterocycles. The molecule has 0 radical (unpaired) electrons. The summed E-state index contributed by atoms with van der Waals surface area (Å²) in [5, 5.41) is 18.1. The van der Waals surface area contributed by atoms with E-state index in [4.69, 9.17) is 4.74 Å². The standard InChI is InChI=1S/C28H29N9O2/c1-4-24(39-27-14-25-36-33-17-37(25)16-32-27)18(2)12-19(3)34-28-22-13-21(7-9-23(22)30-15-31-28)35-26(38)10-8-20-6-5-11-29-20/h4,7-10,12-17,20,29H,3,5-6,11H2,1-2H3,(H,35,38)(H,30,31,34)/b10-8+,18-12-,24-4+/t20-/m0/s1. The number of hydrogen-bond acceptors (Lipinski definition) is 9. The van der Waals surface area contributed by atoms with Crippen LogP contribution in [0.3, 0.4) is 0 Å². The number of fused-ring (bicyclic) bond motifs is 2. The minimum Gasteiger partial charge on any atom is -0.439 e. The normalized spacial score (nSPS) is 16.2. The van der Waals surface area contributed by atoms with E-state index in [0.717, 1.165) is 35.9 Å². The molecule has 0 aliphatic carbocycles. The maximum atomic E-state index is 12.4. The molecule has 198 valence electrons. The van der Waals surface area contributed by atoms with E-state index in [9.17, 15) is 4.79 Å². The zero-order chi connectivity index (χ0) is 27.2. The molecule has 0 spiro atoms. The molecular weight excluding hydrogens is 494 g/mol. The molecular formula is C28H29N9O2. The lowest BCUT2D eigenvalue weighted by atomic mass is 10.2. The van der Waals surface area contributed by atoms with Crippen molar-refractivity contribution in [3.63, 3.8) is 0 Å². The van der Waals surface area contributed by atoms with E-state index < -0.39 is 0 Å². The highest BCUT2D eigenvalue weighted by Gasteiger charge is 2.12. The molecule has 3 aromatic heterocycles. The van der Waals surface area contributed by atoms with Crippen molar-refractivity contribution in [3.05, 3.63) is 91.2 Å². The summed E-state index contributed by atoms with van der Waals surface area (Å²) in [6, 6.07) is 7.46. The van der Waals surface area contributed by atoms with Gasteiger partial charge in [-0.1, -0.05) is 12.7 Å². The number of ether oxygens (including phenoxy) is 1. The first-order chi connectivity index (χ1) is 19.0. The Morgan fingerprint density at radius 3 is 2.92 bits per heavy atom. The lowest BCUT2D eigenvalue weighted by Gasteiger charge is -2.12. The predicted molar refractivity (Wildman–Crippen MR) is 150 cm³/mol. The van der Waals surface area contributed by atoms with Gasteiger partial charge in [-0.3, -0.25) is 9.20 Å². The SMILES string of the molecule is C=C(/C=C(C)\C(=C/C)Oc1cc2nncn2cn1)Nc1ncnc2ccc(NC(=O)/C=C/[C@@H]3CCCN3)cc12. The monoisotopic (exact) mass is 523 g/mol. The minimum atomic E-state index is -0.186. The average Bonchev–Trinajstić information content (AvgIpc) is 3.63. The van der Waals surface area contributed by atoms with E-state index in [1.807, 2.05) is 50.3 Å². The summed E-state index contributed by atoms with van der Waals surface area (Å²) in [7, 11) is 0. The van der Waals surface area contributed by atoms with Gasteiger partial charge >= 0.3 is 0 Å². The molecule has 1 aliphatic rings. The fourth-order valence-corrected chi connectivity index (χ4v) is 4.26. The molecule has 4 heterocycles. The molecule has 1 fully saturated rings. The summed E-state index contributed by atoms with van der Waals surface area (Å²) in [5.74, 6) is 1.40. The second-order valence-corrected chi connectivity index (χ2v) is 9.06. The quantitative estimate of drug-likeness (QED) is 0.168. The van der Waals surface area contributed by atoms with E-state index in [1.54, 1.807) is 29.2 Å². The Hall–Kier alpha value is -4.90. The second-order valence-electron chi connectivity index (χ2n) is 9.06. The van der Waals surface area contributed by atoms with Gasteiger partial charge in [0.25, 0.3) is 0 Å². The van der Waals surface area contributed by atoms with Crippen LogP contribution in [0.1, 0.15) is 26.7 Å². The van der Waals surface area contributed by atoms with Crippen LogP contribution in [0.15, 0.2) is 91.2 Å². The lowest BCUT2D eigenvalue weighted by Crippen LogP contribution is -2.19. The van der Waals surface area contributed by atoms with Crippen LogP contribution in [0, 0.1) is 0 Å². The lowest BCUT2D eigenvalue weighted by molar-refractivity contribution is -0.111. The van der Waals surface area contributed by atoms with Crippen molar-refractivity contribution in [1.82, 2.24) is 34.9 Å². The molecule has 0 saturated carbocycles. The maximum Gasteiger partial charge on any atom is 0.248 e. The molecule has 11 heteroatoms. The molecule has 1 amide bonds. The predicted octanol–water partition coefficient (Wildman–Crippen LogP) is 4.17. The van der Waals surface area contributed by atoms with Gasteiger partial charge in [0.1, 0.15) is 30.6 Å². The molecule has 3 N–H and O–H groups in total. The van der Waals surface area contributed by atoms with Crippen molar-refractivity contribution in [2.45, 2.75) is 32.7 Å². The highest BCUT2D eigenvalue weighted by Crippen LogP contribution is 2.25. The highest BCUT2D eigenvalue weighted by molar-refractivity contribution is 6.01. The van der Waals surface area contributed by atoms with Gasteiger partial charge in [0.2, 0.25) is 11.8 Å². The Kier molecular flexibility index (Phi) is 7.69. The van der Waals surface area contributed by atoms with E-state index >= 15 is 0 Å². The first-order valence-electron chi connectivity index (χ1n) is 12.6. The van der Waals surface area contributed by atoms with Gasteiger partial charge in [0.05, 0.1) is 5.52 Å². The minimum absolute atomic E-state index is 0.186. The molecule has 5 rings (SSSR count). The van der Waals surface area contributed by atoms with Crippen LogP contribution in [0.25, 0.3) is 16.6 Å². The Balaban J connectivity index is 1.28. The Morgan fingerprint density at radius 2 is 2.10 bits per heavy atom. The van der Waals surface area contributed by atoms with Gasteiger partial charge in [-0.15, -0.1) is 10.2 Å². The largest absolute Gasteiger partial charge is 0.439 e. The summed E-state index contributed by atoms with van der Waals surface area (Å²) < 4.78 is 7.68. The number of anilines is 2. The van der Waals surface area contributed by atoms with Gasteiger partial charge in [-0.2, -0.15) is 0 Å². The van der Waals surface area contributed by atoms with Gasteiger partial charge in [-0.25, -0.2) is 15.0 Å². The summed E-state index contributed by atoms with van der Waals surface area (Å²) in [5.41, 5.74) is 3.44. The van der Waals surface area contributed by atoms with Crippen LogP contribution in [-0.2, 0) is 4.79 Å². The Bertz CT molecular complexity index is 1610. The Morgan fingerprint density at radius 1 is 1.21 bits per heavy atom. The number of carbonyl (C=O) groups excluding carboxylic acids is 1. The van der Waals surface area contributed by atoms with Crippen LogP contribution in [0.5, 0.6) is 5.88 Å². The molecule has 0 bridgehead atoms. The highest BCUT2D eigenvalue weighted by atomic mass is 16.5. The first kappa shape index (κ1) is 25.7. The zero-order valence-corrected chi connectivity index (χ0v) is 21.8. The molecule has 11 nitrogen and oxygen atoms in total. The number of aromatic nitrogens is 6. The molecule has 39 heavy (non-hydrogen) atoms. The topological polar surface area (TPSA) is 131 Å². The Labute approximate surface area is 225 Å². The number of amides is 1. The third-order valence-electron chi connectivity index (χ3n) is 6.18. The van der Waals surface area contributed by atoms with Crippen LogP contribution in [0.4, 0.5) is 11.5 Å². The second kappa shape index (κ2) is 11.7. The van der Waals surface area contributed by atoms with Gasteiger partial charge < -0.3 is 20.7 Å². The van der Waals surface area contributed by atoms with Crippen LogP contribution in [0.2, 0.25) is 0 Å². The molecule has 1 saturated heterocycles. The number of carbonyl (C=O) groups is 1. The number of nitrogens with one attached hydrogen (secondary N) is 3. The van der Waals surface area contributed by atoms with Crippen molar-refractivity contribution in [1.29, 1.82) is 0 Å². The number of rotatable bonds is 9. The fraction of sp³-hybridized carbons (Fsp3) is 0.214. The number of allylic oxidation sites excluding steroid dienone is 3. The molecule has 1 atom stereocenters. The van der Waals surface area contributed by atoms with Crippen molar-refractivity contribution >= 4 is 34.0 Å². The van der Waals surface area contributed by atoms with Gasteiger partial charge in [-0.05, 0) is 69.2 Å². The van der Waals surface area contributed by atoms with Gasteiger partial charge in [0.15, 0.2) is 5.65 Å². The molecule has 0 unspecified atom stereocenters. The molecule has 4 aromatic rings. The number of hydrogen-bond donors (Lipinski definition) is 3. The van der Waals surface area contributed by atoms with E-state index in [0.29, 0.717) is 34.5 Å². The fourth-order valence-electron chi connectivity index (χ4n) is 4.26.